The van der Waals surface area contributed by atoms with Gasteiger partial charge in [0.1, 0.15) is 0 Å². The zero-order chi connectivity index (χ0) is 16.3. The van der Waals surface area contributed by atoms with Gasteiger partial charge in [-0.15, -0.1) is 12.4 Å². The van der Waals surface area contributed by atoms with Gasteiger partial charge >= 0.3 is 0 Å². The number of carbonyl (C=O) groups excluding carboxylic acids is 1. The largest absolute Gasteiger partial charge is 0.355 e. The molecule has 2 aliphatic rings. The Morgan fingerprint density at radius 2 is 1.96 bits per heavy atom. The predicted molar refractivity (Wildman–Crippen MR) is 102 cm³/mol. The van der Waals surface area contributed by atoms with E-state index in [1.165, 1.54) is 36.8 Å². The lowest BCUT2D eigenvalue weighted by Gasteiger charge is -2.28. The molecule has 1 saturated carbocycles. The van der Waals surface area contributed by atoms with Gasteiger partial charge in [0, 0.05) is 18.4 Å². The number of benzene rings is 1. The molecular formula is C20H31ClN2O. The van der Waals surface area contributed by atoms with Crippen LogP contribution in [0.4, 0.5) is 0 Å². The molecule has 1 aliphatic heterocycles. The number of hydrogen-bond acceptors (Lipinski definition) is 2. The molecule has 1 aromatic rings. The van der Waals surface area contributed by atoms with Crippen LogP contribution in [-0.4, -0.2) is 25.5 Å². The molecule has 1 aliphatic carbocycles. The molecule has 3 nitrogen and oxygen atoms in total. The zero-order valence-corrected chi connectivity index (χ0v) is 15.8. The number of nitrogens with one attached hydrogen (secondary N) is 2. The number of aryl methyl sites for hydroxylation is 1. The molecule has 2 N–H and O–H groups in total. The van der Waals surface area contributed by atoms with Gasteiger partial charge < -0.3 is 10.6 Å². The van der Waals surface area contributed by atoms with E-state index in [-0.39, 0.29) is 23.7 Å². The Morgan fingerprint density at radius 3 is 2.58 bits per heavy atom. The maximum atomic E-state index is 12.4. The van der Waals surface area contributed by atoms with Gasteiger partial charge in [-0.05, 0) is 68.7 Å². The fourth-order valence-corrected chi connectivity index (χ4v) is 4.07. The lowest BCUT2D eigenvalue weighted by molar-refractivity contribution is -0.122. The number of rotatable bonds is 6. The molecule has 1 aromatic carbocycles. The Labute approximate surface area is 152 Å². The molecule has 0 spiro atoms. The summed E-state index contributed by atoms with van der Waals surface area (Å²) in [6.07, 6.45) is 5.49. The molecular weight excluding hydrogens is 320 g/mol. The van der Waals surface area contributed by atoms with Crippen molar-refractivity contribution in [1.82, 2.24) is 10.6 Å². The van der Waals surface area contributed by atoms with Crippen molar-refractivity contribution in [2.24, 2.45) is 11.8 Å². The third-order valence-corrected chi connectivity index (χ3v) is 5.89. The number of hydrogen-bond donors (Lipinski definition) is 2. The molecule has 24 heavy (non-hydrogen) atoms. The van der Waals surface area contributed by atoms with E-state index < -0.39 is 0 Å². The summed E-state index contributed by atoms with van der Waals surface area (Å²) < 4.78 is 0. The van der Waals surface area contributed by atoms with Crippen LogP contribution < -0.4 is 10.6 Å². The van der Waals surface area contributed by atoms with Crippen LogP contribution >= 0.6 is 12.4 Å². The molecule has 0 radical (unpaired) electrons. The average Bonchev–Trinajstić information content (AvgIpc) is 3.35. The molecule has 1 unspecified atom stereocenters. The van der Waals surface area contributed by atoms with E-state index in [4.69, 9.17) is 0 Å². The highest BCUT2D eigenvalue weighted by Gasteiger charge is 2.45. The molecule has 1 saturated heterocycles. The van der Waals surface area contributed by atoms with Crippen LogP contribution in [0, 0.1) is 18.8 Å². The molecule has 134 valence electrons. The van der Waals surface area contributed by atoms with Crippen molar-refractivity contribution in [3.05, 3.63) is 35.4 Å². The second-order valence-corrected chi connectivity index (χ2v) is 7.64. The maximum Gasteiger partial charge on any atom is 0.220 e. The van der Waals surface area contributed by atoms with Crippen molar-refractivity contribution in [2.45, 2.75) is 51.4 Å². The summed E-state index contributed by atoms with van der Waals surface area (Å²) in [5, 5.41) is 6.63. The van der Waals surface area contributed by atoms with Crippen LogP contribution in [0.2, 0.25) is 0 Å². The summed E-state index contributed by atoms with van der Waals surface area (Å²) in [6.45, 7) is 7.43. The highest BCUT2D eigenvalue weighted by molar-refractivity contribution is 5.85. The number of carbonyl (C=O) groups is 1. The highest BCUT2D eigenvalue weighted by Crippen LogP contribution is 2.48. The van der Waals surface area contributed by atoms with Gasteiger partial charge in [0.25, 0.3) is 0 Å². The average molecular weight is 351 g/mol. The van der Waals surface area contributed by atoms with Gasteiger partial charge in [-0.3, -0.25) is 4.79 Å². The number of piperidine rings is 1. The van der Waals surface area contributed by atoms with E-state index in [9.17, 15) is 4.79 Å². The topological polar surface area (TPSA) is 41.1 Å². The highest BCUT2D eigenvalue weighted by atomic mass is 35.5. The lowest BCUT2D eigenvalue weighted by Crippen LogP contribution is -2.36. The third kappa shape index (κ3) is 4.52. The zero-order valence-electron chi connectivity index (χ0n) is 14.9. The summed E-state index contributed by atoms with van der Waals surface area (Å²) in [6, 6.07) is 8.61. The number of amides is 1. The van der Waals surface area contributed by atoms with Gasteiger partial charge in [-0.1, -0.05) is 31.2 Å². The monoisotopic (exact) mass is 350 g/mol. The first kappa shape index (κ1) is 19.3. The lowest BCUT2D eigenvalue weighted by atomic mass is 9.84. The van der Waals surface area contributed by atoms with E-state index in [0.717, 1.165) is 19.6 Å². The second-order valence-electron chi connectivity index (χ2n) is 7.64. The van der Waals surface area contributed by atoms with Crippen molar-refractivity contribution in [3.63, 3.8) is 0 Å². The van der Waals surface area contributed by atoms with Gasteiger partial charge in [0.15, 0.2) is 0 Å². The van der Waals surface area contributed by atoms with Crippen molar-refractivity contribution < 1.29 is 4.79 Å². The summed E-state index contributed by atoms with van der Waals surface area (Å²) in [7, 11) is 0. The Hall–Kier alpha value is -1.06. The minimum atomic E-state index is 0. The van der Waals surface area contributed by atoms with E-state index >= 15 is 0 Å². The predicted octanol–water partition coefficient (Wildman–Crippen LogP) is 3.59. The van der Waals surface area contributed by atoms with Crippen LogP contribution in [0.3, 0.4) is 0 Å². The van der Waals surface area contributed by atoms with Crippen LogP contribution in [0.15, 0.2) is 24.3 Å². The van der Waals surface area contributed by atoms with Gasteiger partial charge in [0.05, 0.1) is 0 Å². The SMILES string of the molecule is Cc1ccccc1C1(CNC(=O)CC(C)C2CCNCC2)CC1.Cl. The molecule has 1 atom stereocenters. The molecule has 0 aromatic heterocycles. The molecule has 1 heterocycles. The summed E-state index contributed by atoms with van der Waals surface area (Å²) in [4.78, 5) is 12.4. The van der Waals surface area contributed by atoms with E-state index in [1.807, 2.05) is 0 Å². The second kappa shape index (κ2) is 8.35. The van der Waals surface area contributed by atoms with E-state index in [2.05, 4.69) is 48.7 Å². The normalized spacial score (nSPS) is 20.8. The van der Waals surface area contributed by atoms with Gasteiger partial charge in [-0.2, -0.15) is 0 Å². The van der Waals surface area contributed by atoms with Crippen LogP contribution in [0.5, 0.6) is 0 Å². The van der Waals surface area contributed by atoms with Crippen molar-refractivity contribution >= 4 is 18.3 Å². The van der Waals surface area contributed by atoms with Gasteiger partial charge in [0.2, 0.25) is 5.91 Å². The summed E-state index contributed by atoms with van der Waals surface area (Å²) in [5.74, 6) is 1.43. The first-order valence-corrected chi connectivity index (χ1v) is 9.14. The Kier molecular flexibility index (Phi) is 6.70. The first-order valence-electron chi connectivity index (χ1n) is 9.14. The molecule has 2 fully saturated rings. The smallest absolute Gasteiger partial charge is 0.220 e. The van der Waals surface area contributed by atoms with E-state index in [1.54, 1.807) is 0 Å². The summed E-state index contributed by atoms with van der Waals surface area (Å²) >= 11 is 0. The molecule has 3 rings (SSSR count). The molecule has 1 amide bonds. The third-order valence-electron chi connectivity index (χ3n) is 5.89. The van der Waals surface area contributed by atoms with Crippen molar-refractivity contribution in [1.29, 1.82) is 0 Å². The minimum absolute atomic E-state index is 0. The fraction of sp³-hybridized carbons (Fsp3) is 0.650. The Balaban J connectivity index is 0.00000208. The van der Waals surface area contributed by atoms with E-state index in [0.29, 0.717) is 18.3 Å². The van der Waals surface area contributed by atoms with Crippen LogP contribution in [0.25, 0.3) is 0 Å². The number of halogens is 1. The molecule has 4 heteroatoms. The van der Waals surface area contributed by atoms with Crippen LogP contribution in [0.1, 0.15) is 50.2 Å². The van der Waals surface area contributed by atoms with Crippen LogP contribution in [-0.2, 0) is 10.2 Å². The van der Waals surface area contributed by atoms with Gasteiger partial charge in [-0.25, -0.2) is 0 Å². The maximum absolute atomic E-state index is 12.4. The first-order chi connectivity index (χ1) is 11.1. The fourth-order valence-electron chi connectivity index (χ4n) is 4.07. The standard InChI is InChI=1S/C20H30N2O.ClH/c1-15-5-3-4-6-18(15)20(9-10-20)14-22-19(23)13-16(2)17-7-11-21-12-8-17;/h3-6,16-17,21H,7-14H2,1-2H3,(H,22,23);1H. The molecule has 0 bridgehead atoms. The van der Waals surface area contributed by atoms with Crippen molar-refractivity contribution in [2.75, 3.05) is 19.6 Å². The Bertz CT molecular complexity index is 550. The summed E-state index contributed by atoms with van der Waals surface area (Å²) in [5.41, 5.74) is 2.98. The van der Waals surface area contributed by atoms with Crippen molar-refractivity contribution in [3.8, 4) is 0 Å². The quantitative estimate of drug-likeness (QED) is 0.823. The Morgan fingerprint density at radius 1 is 1.29 bits per heavy atom. The minimum Gasteiger partial charge on any atom is -0.355 e.